The van der Waals surface area contributed by atoms with Gasteiger partial charge >= 0.3 is 5.97 Å². The van der Waals surface area contributed by atoms with E-state index >= 15 is 0 Å². The standard InChI is InChI=1S/C10H19N3O4/c1-2-6(5-11)3-9(15)13-7(10(16)17)4-8(12)14/h6-7H,2-5,11H2,1H3,(H2,12,14)(H,13,15)(H,16,17). The number of amides is 2. The lowest BCUT2D eigenvalue weighted by Gasteiger charge is -2.15. The van der Waals surface area contributed by atoms with Crippen molar-refractivity contribution in [3.05, 3.63) is 0 Å². The number of carboxylic acids is 1. The summed E-state index contributed by atoms with van der Waals surface area (Å²) in [6, 6.07) is -1.27. The molecule has 98 valence electrons. The van der Waals surface area contributed by atoms with Crippen molar-refractivity contribution >= 4 is 17.8 Å². The Morgan fingerprint density at radius 1 is 1.29 bits per heavy atom. The molecule has 0 saturated heterocycles. The van der Waals surface area contributed by atoms with Gasteiger partial charge in [0.2, 0.25) is 11.8 Å². The van der Waals surface area contributed by atoms with Crippen LogP contribution in [0.3, 0.4) is 0 Å². The highest BCUT2D eigenvalue weighted by Gasteiger charge is 2.22. The van der Waals surface area contributed by atoms with Gasteiger partial charge in [0.05, 0.1) is 6.42 Å². The Bertz CT molecular complexity index is 289. The number of hydrogen-bond donors (Lipinski definition) is 4. The Labute approximate surface area is 99.5 Å². The molecular formula is C10H19N3O4. The Kier molecular flexibility index (Phi) is 6.88. The highest BCUT2D eigenvalue weighted by atomic mass is 16.4. The van der Waals surface area contributed by atoms with Crippen molar-refractivity contribution in [2.45, 2.75) is 32.2 Å². The van der Waals surface area contributed by atoms with Crippen molar-refractivity contribution in [3.63, 3.8) is 0 Å². The zero-order chi connectivity index (χ0) is 13.4. The van der Waals surface area contributed by atoms with E-state index in [0.717, 1.165) is 6.42 Å². The van der Waals surface area contributed by atoms with E-state index in [1.54, 1.807) is 0 Å². The molecule has 17 heavy (non-hydrogen) atoms. The summed E-state index contributed by atoms with van der Waals surface area (Å²) in [5.41, 5.74) is 10.3. The average Bonchev–Trinajstić information content (AvgIpc) is 2.24. The predicted octanol–water partition coefficient (Wildman–Crippen LogP) is -1.19. The van der Waals surface area contributed by atoms with Crippen LogP contribution in [-0.2, 0) is 14.4 Å². The zero-order valence-corrected chi connectivity index (χ0v) is 9.81. The van der Waals surface area contributed by atoms with E-state index in [2.05, 4.69) is 5.32 Å². The molecule has 0 aromatic carbocycles. The lowest BCUT2D eigenvalue weighted by molar-refractivity contribution is -0.143. The molecule has 0 aliphatic heterocycles. The van der Waals surface area contributed by atoms with Gasteiger partial charge in [0, 0.05) is 6.42 Å². The van der Waals surface area contributed by atoms with Crippen LogP contribution in [0.15, 0.2) is 0 Å². The first kappa shape index (κ1) is 15.4. The molecular weight excluding hydrogens is 226 g/mol. The maximum absolute atomic E-state index is 11.5. The number of nitrogens with two attached hydrogens (primary N) is 2. The van der Waals surface area contributed by atoms with E-state index in [9.17, 15) is 14.4 Å². The van der Waals surface area contributed by atoms with Crippen LogP contribution in [0, 0.1) is 5.92 Å². The van der Waals surface area contributed by atoms with Gasteiger partial charge in [-0.2, -0.15) is 0 Å². The van der Waals surface area contributed by atoms with E-state index in [1.807, 2.05) is 6.92 Å². The van der Waals surface area contributed by atoms with Gasteiger partial charge in [-0.05, 0) is 12.5 Å². The Balaban J connectivity index is 4.30. The van der Waals surface area contributed by atoms with Crippen LogP contribution in [0.4, 0.5) is 0 Å². The van der Waals surface area contributed by atoms with Crippen LogP contribution in [0.1, 0.15) is 26.2 Å². The molecule has 0 heterocycles. The Morgan fingerprint density at radius 3 is 2.24 bits per heavy atom. The second-order valence-electron chi connectivity index (χ2n) is 3.84. The van der Waals surface area contributed by atoms with Crippen molar-refractivity contribution in [1.82, 2.24) is 5.32 Å². The number of nitrogens with one attached hydrogen (secondary N) is 1. The molecule has 0 aromatic heterocycles. The number of carbonyl (C=O) groups excluding carboxylic acids is 2. The number of hydrogen-bond acceptors (Lipinski definition) is 4. The second-order valence-corrected chi connectivity index (χ2v) is 3.84. The van der Waals surface area contributed by atoms with E-state index in [1.165, 1.54) is 0 Å². The molecule has 0 rings (SSSR count). The summed E-state index contributed by atoms with van der Waals surface area (Å²) in [6.07, 6.45) is 0.466. The van der Waals surface area contributed by atoms with E-state index in [0.29, 0.717) is 6.54 Å². The van der Waals surface area contributed by atoms with Crippen LogP contribution in [0.5, 0.6) is 0 Å². The Hall–Kier alpha value is -1.63. The lowest BCUT2D eigenvalue weighted by Crippen LogP contribution is -2.44. The summed E-state index contributed by atoms with van der Waals surface area (Å²) in [7, 11) is 0. The third-order valence-corrected chi connectivity index (χ3v) is 2.42. The molecule has 0 bridgehead atoms. The molecule has 0 radical (unpaired) electrons. The highest BCUT2D eigenvalue weighted by Crippen LogP contribution is 2.06. The minimum absolute atomic E-state index is 0.0121. The SMILES string of the molecule is CCC(CN)CC(=O)NC(CC(N)=O)C(=O)O. The van der Waals surface area contributed by atoms with Crippen LogP contribution >= 0.6 is 0 Å². The largest absolute Gasteiger partial charge is 0.480 e. The predicted molar refractivity (Wildman–Crippen MR) is 60.8 cm³/mol. The number of carboxylic acid groups (broad SMARTS) is 1. The topological polar surface area (TPSA) is 136 Å². The van der Waals surface area contributed by atoms with Gasteiger partial charge in [-0.3, -0.25) is 9.59 Å². The van der Waals surface area contributed by atoms with Crippen LogP contribution in [0.25, 0.3) is 0 Å². The number of primary amides is 1. The molecule has 7 heteroatoms. The first-order chi connectivity index (χ1) is 7.90. The van der Waals surface area contributed by atoms with Crippen molar-refractivity contribution < 1.29 is 19.5 Å². The average molecular weight is 245 g/mol. The summed E-state index contributed by atoms with van der Waals surface area (Å²) >= 11 is 0. The van der Waals surface area contributed by atoms with Crippen LogP contribution < -0.4 is 16.8 Å². The van der Waals surface area contributed by atoms with Crippen molar-refractivity contribution in [2.24, 2.45) is 17.4 Å². The molecule has 0 aliphatic carbocycles. The summed E-state index contributed by atoms with van der Waals surface area (Å²) in [4.78, 5) is 32.9. The van der Waals surface area contributed by atoms with Gasteiger partial charge in [0.1, 0.15) is 6.04 Å². The summed E-state index contributed by atoms with van der Waals surface area (Å²) in [5, 5.41) is 11.0. The van der Waals surface area contributed by atoms with E-state index in [4.69, 9.17) is 16.6 Å². The minimum atomic E-state index is -1.28. The normalized spacial score (nSPS) is 13.8. The molecule has 0 aliphatic rings. The van der Waals surface area contributed by atoms with Gasteiger partial charge in [0.25, 0.3) is 0 Å². The Morgan fingerprint density at radius 2 is 1.88 bits per heavy atom. The van der Waals surface area contributed by atoms with Gasteiger partial charge in [-0.25, -0.2) is 4.79 Å². The van der Waals surface area contributed by atoms with Gasteiger partial charge in [0.15, 0.2) is 0 Å². The maximum Gasteiger partial charge on any atom is 0.326 e. The first-order valence-corrected chi connectivity index (χ1v) is 5.41. The minimum Gasteiger partial charge on any atom is -0.480 e. The number of rotatable bonds is 8. The second kappa shape index (κ2) is 7.61. The lowest BCUT2D eigenvalue weighted by atomic mass is 10.0. The molecule has 0 fully saturated rings. The van der Waals surface area contributed by atoms with Gasteiger partial charge in [-0.15, -0.1) is 0 Å². The van der Waals surface area contributed by atoms with Gasteiger partial charge in [-0.1, -0.05) is 13.3 Å². The molecule has 2 atom stereocenters. The molecule has 0 aromatic rings. The van der Waals surface area contributed by atoms with Crippen LogP contribution in [0.2, 0.25) is 0 Å². The fraction of sp³-hybridized carbons (Fsp3) is 0.700. The van der Waals surface area contributed by atoms with Crippen molar-refractivity contribution in [2.75, 3.05) is 6.54 Å². The molecule has 6 N–H and O–H groups in total. The number of aliphatic carboxylic acids is 1. The zero-order valence-electron chi connectivity index (χ0n) is 9.81. The number of carbonyl (C=O) groups is 3. The van der Waals surface area contributed by atoms with E-state index in [-0.39, 0.29) is 12.3 Å². The van der Waals surface area contributed by atoms with Crippen LogP contribution in [-0.4, -0.2) is 35.5 Å². The maximum atomic E-state index is 11.5. The summed E-state index contributed by atoms with van der Waals surface area (Å²) in [6.45, 7) is 2.25. The molecule has 0 spiro atoms. The van der Waals surface area contributed by atoms with Crippen molar-refractivity contribution in [1.29, 1.82) is 0 Å². The third-order valence-electron chi connectivity index (χ3n) is 2.42. The first-order valence-electron chi connectivity index (χ1n) is 5.41. The smallest absolute Gasteiger partial charge is 0.326 e. The summed E-state index contributed by atoms with van der Waals surface area (Å²) in [5.74, 6) is -2.48. The highest BCUT2D eigenvalue weighted by molar-refractivity contribution is 5.88. The van der Waals surface area contributed by atoms with Gasteiger partial charge < -0.3 is 21.9 Å². The quantitative estimate of drug-likeness (QED) is 0.426. The fourth-order valence-corrected chi connectivity index (χ4v) is 1.31. The molecule has 7 nitrogen and oxygen atoms in total. The van der Waals surface area contributed by atoms with E-state index < -0.39 is 30.2 Å². The molecule has 0 saturated carbocycles. The molecule has 2 unspecified atom stereocenters. The fourth-order valence-electron chi connectivity index (χ4n) is 1.31. The monoisotopic (exact) mass is 245 g/mol. The molecule has 2 amide bonds. The third kappa shape index (κ3) is 6.52. The summed E-state index contributed by atoms with van der Waals surface area (Å²) < 4.78 is 0. The van der Waals surface area contributed by atoms with Crippen molar-refractivity contribution in [3.8, 4) is 0 Å².